The number of sulfone groups is 1. The van der Waals surface area contributed by atoms with E-state index in [1.54, 1.807) is 30.8 Å². The van der Waals surface area contributed by atoms with E-state index in [1.807, 2.05) is 12.1 Å². The third kappa shape index (κ3) is 5.23. The van der Waals surface area contributed by atoms with Crippen molar-refractivity contribution < 1.29 is 13.2 Å². The van der Waals surface area contributed by atoms with Gasteiger partial charge in [-0.1, -0.05) is 19.1 Å². The minimum atomic E-state index is -2.85. The third-order valence-corrected chi connectivity index (χ3v) is 5.46. The summed E-state index contributed by atoms with van der Waals surface area (Å²) in [6.45, 7) is 3.21. The molecule has 1 aromatic carbocycles. The van der Waals surface area contributed by atoms with Crippen molar-refractivity contribution in [3.63, 3.8) is 0 Å². The fourth-order valence-corrected chi connectivity index (χ4v) is 3.31. The summed E-state index contributed by atoms with van der Waals surface area (Å²) in [4.78, 5) is 12.2. The van der Waals surface area contributed by atoms with Crippen molar-refractivity contribution in [3.8, 4) is 0 Å². The van der Waals surface area contributed by atoms with Gasteiger partial charge in [0.05, 0.1) is 5.75 Å². The Balaban J connectivity index is 2.38. The van der Waals surface area contributed by atoms with Crippen LogP contribution in [0.2, 0.25) is 0 Å². The molecule has 0 N–H and O–H groups in total. The second-order valence-corrected chi connectivity index (χ2v) is 7.66. The molecule has 0 aliphatic carbocycles. The van der Waals surface area contributed by atoms with Crippen LogP contribution in [0.5, 0.6) is 0 Å². The largest absolute Gasteiger partial charge is 0.295 e. The van der Waals surface area contributed by atoms with Crippen molar-refractivity contribution in [1.29, 1.82) is 0 Å². The second-order valence-electron chi connectivity index (χ2n) is 4.02. The van der Waals surface area contributed by atoms with Crippen LogP contribution in [0.4, 0.5) is 0 Å². The summed E-state index contributed by atoms with van der Waals surface area (Å²) in [5.74, 6) is 1.30. The molecule has 1 aromatic rings. The fraction of sp³-hybridized carbons (Fsp3) is 0.462. The molecule has 0 aliphatic rings. The van der Waals surface area contributed by atoms with E-state index in [0.29, 0.717) is 12.0 Å². The van der Waals surface area contributed by atoms with Crippen LogP contribution in [0.1, 0.15) is 30.6 Å². The molecule has 18 heavy (non-hydrogen) atoms. The van der Waals surface area contributed by atoms with Gasteiger partial charge < -0.3 is 0 Å². The van der Waals surface area contributed by atoms with Gasteiger partial charge in [0.15, 0.2) is 5.78 Å². The molecule has 0 amide bonds. The van der Waals surface area contributed by atoms with Crippen LogP contribution < -0.4 is 0 Å². The third-order valence-electron chi connectivity index (χ3n) is 2.57. The molecule has 0 fully saturated rings. The molecule has 0 aromatic heterocycles. The van der Waals surface area contributed by atoms with Crippen LogP contribution in [0.15, 0.2) is 29.2 Å². The highest BCUT2D eigenvalue weighted by molar-refractivity contribution is 7.99. The van der Waals surface area contributed by atoms with E-state index < -0.39 is 9.84 Å². The highest BCUT2D eigenvalue weighted by Gasteiger charge is 2.06. The van der Waals surface area contributed by atoms with Gasteiger partial charge in [-0.25, -0.2) is 8.42 Å². The Morgan fingerprint density at radius 1 is 1.22 bits per heavy atom. The lowest BCUT2D eigenvalue weighted by molar-refractivity contribution is 0.101. The van der Waals surface area contributed by atoms with E-state index in [0.717, 1.165) is 10.6 Å². The van der Waals surface area contributed by atoms with Crippen molar-refractivity contribution in [3.05, 3.63) is 29.8 Å². The van der Waals surface area contributed by atoms with Crippen LogP contribution in [-0.4, -0.2) is 31.5 Å². The Kier molecular flexibility index (Phi) is 5.88. The molecular formula is C13H18O3S2. The summed E-state index contributed by atoms with van der Waals surface area (Å²) in [5, 5.41) is 0. The van der Waals surface area contributed by atoms with Crippen LogP contribution in [-0.2, 0) is 9.84 Å². The van der Waals surface area contributed by atoms with Gasteiger partial charge in [-0.2, -0.15) is 0 Å². The first-order valence-electron chi connectivity index (χ1n) is 5.89. The van der Waals surface area contributed by atoms with Gasteiger partial charge in [-0.3, -0.25) is 4.79 Å². The number of carbonyl (C=O) groups is 1. The fourth-order valence-electron chi connectivity index (χ4n) is 1.40. The smallest absolute Gasteiger partial charge is 0.159 e. The number of hydrogen-bond acceptors (Lipinski definition) is 4. The summed E-state index contributed by atoms with van der Waals surface area (Å²) < 4.78 is 22.6. The first-order chi connectivity index (χ1) is 8.44. The number of Topliss-reactive ketones (excluding diaryl/α,β-unsaturated/α-hetero) is 1. The first-order valence-corrected chi connectivity index (χ1v) is 8.69. The maximum atomic E-state index is 11.3. The number of carbonyl (C=O) groups excluding carboxylic acids is 1. The summed E-state index contributed by atoms with van der Waals surface area (Å²) in [7, 11) is -2.85. The molecule has 0 radical (unpaired) electrons. The van der Waals surface area contributed by atoms with E-state index in [2.05, 4.69) is 0 Å². The molecular weight excluding hydrogens is 268 g/mol. The van der Waals surface area contributed by atoms with E-state index in [4.69, 9.17) is 0 Å². The number of benzene rings is 1. The molecule has 0 spiro atoms. The van der Waals surface area contributed by atoms with E-state index in [-0.39, 0.29) is 17.3 Å². The van der Waals surface area contributed by atoms with E-state index in [9.17, 15) is 13.2 Å². The Labute approximate surface area is 113 Å². The normalized spacial score (nSPS) is 11.4. The first kappa shape index (κ1) is 15.2. The van der Waals surface area contributed by atoms with Gasteiger partial charge in [-0.05, 0) is 31.2 Å². The van der Waals surface area contributed by atoms with Gasteiger partial charge in [0.25, 0.3) is 0 Å². The lowest BCUT2D eigenvalue weighted by atomic mass is 10.2. The molecule has 0 atom stereocenters. The molecule has 5 heteroatoms. The lowest BCUT2D eigenvalue weighted by Crippen LogP contribution is -2.09. The highest BCUT2D eigenvalue weighted by Crippen LogP contribution is 2.19. The monoisotopic (exact) mass is 286 g/mol. The molecule has 100 valence electrons. The Morgan fingerprint density at radius 2 is 1.83 bits per heavy atom. The number of hydrogen-bond donors (Lipinski definition) is 0. The molecule has 0 aliphatic heterocycles. The Bertz CT molecular complexity index is 489. The van der Waals surface area contributed by atoms with Crippen LogP contribution in [0.3, 0.4) is 0 Å². The maximum absolute atomic E-state index is 11.3. The molecule has 1 rings (SSSR count). The summed E-state index contributed by atoms with van der Waals surface area (Å²) in [6, 6.07) is 7.40. The lowest BCUT2D eigenvalue weighted by Gasteiger charge is -2.03. The topological polar surface area (TPSA) is 51.2 Å². The minimum Gasteiger partial charge on any atom is -0.295 e. The highest BCUT2D eigenvalue weighted by atomic mass is 32.2. The molecule has 0 saturated carbocycles. The Hall–Kier alpha value is -0.810. The number of ketones is 1. The summed E-state index contributed by atoms with van der Waals surface area (Å²) in [6.07, 6.45) is 0.662. The molecule has 0 heterocycles. The van der Waals surface area contributed by atoms with Gasteiger partial charge >= 0.3 is 0 Å². The predicted octanol–water partition coefficient (Wildman–Crippen LogP) is 2.81. The van der Waals surface area contributed by atoms with E-state index >= 15 is 0 Å². The number of thioether (sulfide) groups is 1. The van der Waals surface area contributed by atoms with Crippen LogP contribution in [0.25, 0.3) is 0 Å². The molecule has 0 bridgehead atoms. The van der Waals surface area contributed by atoms with Crippen molar-refractivity contribution in [2.24, 2.45) is 0 Å². The Morgan fingerprint density at radius 3 is 2.33 bits per heavy atom. The van der Waals surface area contributed by atoms with Crippen molar-refractivity contribution in [1.82, 2.24) is 0 Å². The zero-order valence-electron chi connectivity index (χ0n) is 10.7. The van der Waals surface area contributed by atoms with Gasteiger partial charge in [0.2, 0.25) is 0 Å². The minimum absolute atomic E-state index is 0.0561. The quantitative estimate of drug-likeness (QED) is 0.439. The summed E-state index contributed by atoms with van der Waals surface area (Å²) >= 11 is 1.62. The zero-order chi connectivity index (χ0) is 13.6. The van der Waals surface area contributed by atoms with Crippen LogP contribution >= 0.6 is 11.8 Å². The van der Waals surface area contributed by atoms with E-state index in [1.165, 1.54) is 6.92 Å². The average Bonchev–Trinajstić information content (AvgIpc) is 2.35. The maximum Gasteiger partial charge on any atom is 0.159 e. The van der Waals surface area contributed by atoms with Crippen molar-refractivity contribution >= 4 is 27.4 Å². The van der Waals surface area contributed by atoms with Gasteiger partial charge in [-0.15, -0.1) is 11.8 Å². The SMILES string of the molecule is CCS(=O)(=O)CCCSc1ccc(C(C)=O)cc1. The van der Waals surface area contributed by atoms with Crippen molar-refractivity contribution in [2.75, 3.05) is 17.3 Å². The molecule has 0 saturated heterocycles. The van der Waals surface area contributed by atoms with Gasteiger partial charge in [0, 0.05) is 16.2 Å². The zero-order valence-corrected chi connectivity index (χ0v) is 12.3. The molecule has 0 unspecified atom stereocenters. The van der Waals surface area contributed by atoms with Crippen LogP contribution in [0, 0.1) is 0 Å². The number of rotatable bonds is 7. The van der Waals surface area contributed by atoms with Gasteiger partial charge in [0.1, 0.15) is 9.84 Å². The average molecular weight is 286 g/mol. The standard InChI is InChI=1S/C13H18O3S2/c1-3-18(15,16)10-4-9-17-13-7-5-12(6-8-13)11(2)14/h5-8H,3-4,9-10H2,1-2H3. The predicted molar refractivity (Wildman–Crippen MR) is 76.1 cm³/mol. The summed E-state index contributed by atoms with van der Waals surface area (Å²) in [5.41, 5.74) is 0.702. The molecule has 3 nitrogen and oxygen atoms in total. The van der Waals surface area contributed by atoms with Crippen molar-refractivity contribution in [2.45, 2.75) is 25.2 Å². The second kappa shape index (κ2) is 6.95.